The highest BCUT2D eigenvalue weighted by Gasteiger charge is 2.31. The lowest BCUT2D eigenvalue weighted by Crippen LogP contribution is -2.48. The Morgan fingerprint density at radius 3 is 2.74 bits per heavy atom. The van der Waals surface area contributed by atoms with Gasteiger partial charge in [0.05, 0.1) is 12.5 Å². The van der Waals surface area contributed by atoms with E-state index in [0.717, 1.165) is 24.2 Å². The van der Waals surface area contributed by atoms with Gasteiger partial charge in [0.1, 0.15) is 5.75 Å². The fraction of sp³-hybridized carbons (Fsp3) is 0.556. The number of aryl methyl sites for hydroxylation is 1. The molecular formula is C18H26N2O3. The molecule has 1 aliphatic rings. The van der Waals surface area contributed by atoms with Gasteiger partial charge in [-0.15, -0.1) is 0 Å². The van der Waals surface area contributed by atoms with Crippen LogP contribution in [0.5, 0.6) is 5.75 Å². The summed E-state index contributed by atoms with van der Waals surface area (Å²) in [6.07, 6.45) is 2.65. The van der Waals surface area contributed by atoms with E-state index in [4.69, 9.17) is 10.5 Å². The number of carbonyl (C=O) groups is 2. The first kappa shape index (κ1) is 17.3. The van der Waals surface area contributed by atoms with E-state index in [2.05, 4.69) is 0 Å². The van der Waals surface area contributed by atoms with Crippen LogP contribution in [-0.4, -0.2) is 35.9 Å². The maximum absolute atomic E-state index is 12.6. The predicted octanol–water partition coefficient (Wildman–Crippen LogP) is 2.13. The van der Waals surface area contributed by atoms with E-state index in [1.807, 2.05) is 43.0 Å². The topological polar surface area (TPSA) is 72.6 Å². The van der Waals surface area contributed by atoms with Crippen LogP contribution in [0.2, 0.25) is 0 Å². The van der Waals surface area contributed by atoms with Crippen molar-refractivity contribution in [3.63, 3.8) is 0 Å². The van der Waals surface area contributed by atoms with Crippen LogP contribution in [0, 0.1) is 5.92 Å². The molecule has 0 aliphatic carbocycles. The summed E-state index contributed by atoms with van der Waals surface area (Å²) in [6.45, 7) is 5.03. The molecule has 0 unspecified atom stereocenters. The third kappa shape index (κ3) is 4.47. The summed E-state index contributed by atoms with van der Waals surface area (Å²) in [5.41, 5.74) is 6.44. The lowest BCUT2D eigenvalue weighted by atomic mass is 9.92. The molecule has 2 rings (SSSR count). The first-order valence-electron chi connectivity index (χ1n) is 8.32. The number of para-hydroxylation sites is 1. The third-order valence-corrected chi connectivity index (χ3v) is 4.49. The van der Waals surface area contributed by atoms with Gasteiger partial charge in [0, 0.05) is 19.0 Å². The van der Waals surface area contributed by atoms with Gasteiger partial charge >= 0.3 is 0 Å². The van der Waals surface area contributed by atoms with E-state index >= 15 is 0 Å². The first-order valence-corrected chi connectivity index (χ1v) is 8.32. The minimum Gasteiger partial charge on any atom is -0.494 e. The van der Waals surface area contributed by atoms with Crippen LogP contribution < -0.4 is 10.5 Å². The Balaban J connectivity index is 1.97. The summed E-state index contributed by atoms with van der Waals surface area (Å²) in [5, 5.41) is 0. The molecule has 5 heteroatoms. The summed E-state index contributed by atoms with van der Waals surface area (Å²) in [4.78, 5) is 25.8. The third-order valence-electron chi connectivity index (χ3n) is 4.49. The maximum atomic E-state index is 12.6. The van der Waals surface area contributed by atoms with Crippen molar-refractivity contribution >= 4 is 11.8 Å². The number of ether oxygens (including phenoxy) is 1. The largest absolute Gasteiger partial charge is 0.494 e. The number of hydrogen-bond donors (Lipinski definition) is 1. The summed E-state index contributed by atoms with van der Waals surface area (Å²) in [7, 11) is 0. The fourth-order valence-corrected chi connectivity index (χ4v) is 3.08. The van der Waals surface area contributed by atoms with Crippen molar-refractivity contribution in [1.29, 1.82) is 0 Å². The lowest BCUT2D eigenvalue weighted by molar-refractivity contribution is -0.137. The monoisotopic (exact) mass is 318 g/mol. The van der Waals surface area contributed by atoms with E-state index < -0.39 is 0 Å². The molecule has 0 bridgehead atoms. The second-order valence-corrected chi connectivity index (χ2v) is 6.11. The predicted molar refractivity (Wildman–Crippen MR) is 89.0 cm³/mol. The molecule has 0 spiro atoms. The zero-order valence-electron chi connectivity index (χ0n) is 14.0. The van der Waals surface area contributed by atoms with Gasteiger partial charge in [-0.05, 0) is 44.7 Å². The van der Waals surface area contributed by atoms with Crippen LogP contribution in [0.1, 0.15) is 38.7 Å². The second-order valence-electron chi connectivity index (χ2n) is 6.11. The molecule has 1 aromatic rings. The number of amides is 2. The van der Waals surface area contributed by atoms with Gasteiger partial charge in [0.2, 0.25) is 11.8 Å². The van der Waals surface area contributed by atoms with Crippen LogP contribution in [0.4, 0.5) is 0 Å². The molecule has 23 heavy (non-hydrogen) atoms. The minimum absolute atomic E-state index is 0.0785. The van der Waals surface area contributed by atoms with Crippen LogP contribution >= 0.6 is 0 Å². The molecular weight excluding hydrogens is 292 g/mol. The van der Waals surface area contributed by atoms with Gasteiger partial charge < -0.3 is 15.4 Å². The average Bonchev–Trinajstić information content (AvgIpc) is 2.54. The highest BCUT2D eigenvalue weighted by Crippen LogP contribution is 2.24. The molecule has 126 valence electrons. The normalized spacial score (nSPS) is 21.0. The molecule has 1 heterocycles. The first-order chi connectivity index (χ1) is 11.0. The summed E-state index contributed by atoms with van der Waals surface area (Å²) in [6, 6.07) is 7.97. The Labute approximate surface area is 137 Å². The number of primary amides is 1. The number of rotatable bonds is 6. The number of likely N-dealkylation sites (tertiary alicyclic amines) is 1. The molecule has 1 saturated heterocycles. The molecule has 1 aliphatic heterocycles. The van der Waals surface area contributed by atoms with Crippen molar-refractivity contribution in [2.75, 3.05) is 13.2 Å². The molecule has 2 atom stereocenters. The van der Waals surface area contributed by atoms with Gasteiger partial charge in [0.25, 0.3) is 0 Å². The van der Waals surface area contributed by atoms with E-state index in [0.29, 0.717) is 26.0 Å². The highest BCUT2D eigenvalue weighted by molar-refractivity contribution is 5.80. The quantitative estimate of drug-likeness (QED) is 0.873. The molecule has 2 N–H and O–H groups in total. The van der Waals surface area contributed by atoms with Crippen molar-refractivity contribution in [2.24, 2.45) is 11.7 Å². The Bertz CT molecular complexity index is 559. The van der Waals surface area contributed by atoms with Crippen LogP contribution in [0.3, 0.4) is 0 Å². The number of piperidine rings is 1. The highest BCUT2D eigenvalue weighted by atomic mass is 16.5. The number of nitrogens with zero attached hydrogens (tertiary/aromatic N) is 1. The van der Waals surface area contributed by atoms with Gasteiger partial charge in [-0.3, -0.25) is 9.59 Å². The van der Waals surface area contributed by atoms with Gasteiger partial charge in [-0.1, -0.05) is 18.2 Å². The molecule has 0 radical (unpaired) electrons. The molecule has 1 aromatic carbocycles. The molecule has 2 amide bonds. The van der Waals surface area contributed by atoms with Crippen LogP contribution in [-0.2, 0) is 16.0 Å². The molecule has 0 aromatic heterocycles. The minimum atomic E-state index is -0.309. The number of hydrogen-bond acceptors (Lipinski definition) is 3. The standard InChI is InChI=1S/C18H26N2O3/c1-3-23-16-7-5-4-6-14(16)10-11-17(21)20-12-15(18(19)22)9-8-13(20)2/h4-7,13,15H,3,8-12H2,1-2H3,(H2,19,22)/t13-,15-/m0/s1. The van der Waals surface area contributed by atoms with Crippen molar-refractivity contribution < 1.29 is 14.3 Å². The Kier molecular flexibility index (Phi) is 6.02. The van der Waals surface area contributed by atoms with E-state index in [9.17, 15) is 9.59 Å². The van der Waals surface area contributed by atoms with Crippen LogP contribution in [0.25, 0.3) is 0 Å². The van der Waals surface area contributed by atoms with Gasteiger partial charge in [-0.25, -0.2) is 0 Å². The smallest absolute Gasteiger partial charge is 0.223 e. The lowest BCUT2D eigenvalue weighted by Gasteiger charge is -2.37. The van der Waals surface area contributed by atoms with Crippen LogP contribution in [0.15, 0.2) is 24.3 Å². The molecule has 0 saturated carbocycles. The average molecular weight is 318 g/mol. The second kappa shape index (κ2) is 7.99. The summed E-state index contributed by atoms with van der Waals surface area (Å²) >= 11 is 0. The number of benzene rings is 1. The zero-order valence-corrected chi connectivity index (χ0v) is 14.0. The number of nitrogens with two attached hydrogens (primary N) is 1. The van der Waals surface area contributed by atoms with E-state index in [1.165, 1.54) is 0 Å². The Morgan fingerprint density at radius 2 is 2.04 bits per heavy atom. The fourth-order valence-electron chi connectivity index (χ4n) is 3.08. The van der Waals surface area contributed by atoms with Gasteiger partial charge in [-0.2, -0.15) is 0 Å². The molecule has 1 fully saturated rings. The maximum Gasteiger partial charge on any atom is 0.223 e. The summed E-state index contributed by atoms with van der Waals surface area (Å²) in [5.74, 6) is 0.390. The van der Waals surface area contributed by atoms with Crippen molar-refractivity contribution in [3.05, 3.63) is 29.8 Å². The number of carbonyl (C=O) groups excluding carboxylic acids is 2. The van der Waals surface area contributed by atoms with Gasteiger partial charge in [0.15, 0.2) is 0 Å². The van der Waals surface area contributed by atoms with Crippen molar-refractivity contribution in [1.82, 2.24) is 4.90 Å². The molecule has 5 nitrogen and oxygen atoms in total. The zero-order chi connectivity index (χ0) is 16.8. The Morgan fingerprint density at radius 1 is 1.30 bits per heavy atom. The van der Waals surface area contributed by atoms with E-state index in [1.54, 1.807) is 0 Å². The van der Waals surface area contributed by atoms with Crippen molar-refractivity contribution in [3.8, 4) is 5.75 Å². The summed E-state index contributed by atoms with van der Waals surface area (Å²) < 4.78 is 5.60. The van der Waals surface area contributed by atoms with Crippen molar-refractivity contribution in [2.45, 2.75) is 45.6 Å². The Hall–Kier alpha value is -2.04. The SMILES string of the molecule is CCOc1ccccc1CCC(=O)N1C[C@@H](C(N)=O)CC[C@@H]1C. The van der Waals surface area contributed by atoms with E-state index in [-0.39, 0.29) is 23.8 Å².